The van der Waals surface area contributed by atoms with E-state index in [0.717, 1.165) is 25.9 Å². The van der Waals surface area contributed by atoms with Crippen molar-refractivity contribution in [3.8, 4) is 0 Å². The third-order valence-corrected chi connectivity index (χ3v) is 4.11. The van der Waals surface area contributed by atoms with Gasteiger partial charge < -0.3 is 10.2 Å². The van der Waals surface area contributed by atoms with Crippen LogP contribution in [0.25, 0.3) is 0 Å². The minimum Gasteiger partial charge on any atom is -0.335 e. The predicted molar refractivity (Wildman–Crippen MR) is 76.7 cm³/mol. The molecule has 19 heavy (non-hydrogen) atoms. The summed E-state index contributed by atoms with van der Waals surface area (Å²) in [6.45, 7) is 4.31. The molecule has 1 aliphatic rings. The fraction of sp³-hybridized carbons (Fsp3) is 0.500. The third-order valence-electron chi connectivity index (χ3n) is 3.50. The number of benzene rings is 1. The van der Waals surface area contributed by atoms with Crippen LogP contribution in [0.4, 0.5) is 4.39 Å². The molecule has 0 aromatic heterocycles. The Morgan fingerprint density at radius 2 is 2.37 bits per heavy atom. The van der Waals surface area contributed by atoms with Crippen LogP contribution in [0.3, 0.4) is 0 Å². The van der Waals surface area contributed by atoms with Crippen molar-refractivity contribution < 1.29 is 9.18 Å². The topological polar surface area (TPSA) is 32.3 Å². The summed E-state index contributed by atoms with van der Waals surface area (Å²) < 4.78 is 14.3. The predicted octanol–water partition coefficient (Wildman–Crippen LogP) is 2.80. The molecule has 0 spiro atoms. The Morgan fingerprint density at radius 1 is 1.58 bits per heavy atom. The van der Waals surface area contributed by atoms with Crippen LogP contribution in [-0.2, 0) is 0 Å². The summed E-state index contributed by atoms with van der Waals surface area (Å²) in [6, 6.07) is 4.99. The van der Waals surface area contributed by atoms with Gasteiger partial charge in [0.1, 0.15) is 5.82 Å². The van der Waals surface area contributed by atoms with Crippen molar-refractivity contribution in [1.82, 2.24) is 10.2 Å². The van der Waals surface area contributed by atoms with Gasteiger partial charge in [-0.1, -0.05) is 6.07 Å². The number of hydrogen-bond acceptors (Lipinski definition) is 2. The molecule has 0 saturated carbocycles. The van der Waals surface area contributed by atoms with Gasteiger partial charge in [-0.05, 0) is 54.4 Å². The lowest BCUT2D eigenvalue weighted by Crippen LogP contribution is -2.48. The molecule has 1 heterocycles. The van der Waals surface area contributed by atoms with Gasteiger partial charge >= 0.3 is 0 Å². The second-order valence-electron chi connectivity index (χ2n) is 4.69. The molecule has 1 aromatic rings. The highest BCUT2D eigenvalue weighted by Gasteiger charge is 2.26. The largest absolute Gasteiger partial charge is 0.335 e. The van der Waals surface area contributed by atoms with E-state index in [1.165, 1.54) is 0 Å². The van der Waals surface area contributed by atoms with Gasteiger partial charge in [-0.15, -0.1) is 0 Å². The lowest BCUT2D eigenvalue weighted by Gasteiger charge is -2.34. The molecule has 1 aliphatic heterocycles. The average molecular weight is 329 g/mol. The zero-order chi connectivity index (χ0) is 13.8. The Morgan fingerprint density at radius 3 is 3.00 bits per heavy atom. The molecule has 1 N–H and O–H groups in total. The maximum Gasteiger partial charge on any atom is 0.257 e. The molecule has 1 atom stereocenters. The van der Waals surface area contributed by atoms with Crippen LogP contribution in [0.1, 0.15) is 30.1 Å². The van der Waals surface area contributed by atoms with Crippen LogP contribution in [0.15, 0.2) is 22.7 Å². The van der Waals surface area contributed by atoms with Crippen LogP contribution < -0.4 is 5.32 Å². The van der Waals surface area contributed by atoms with E-state index < -0.39 is 5.82 Å². The summed E-state index contributed by atoms with van der Waals surface area (Å²) >= 11 is 3.12. The first kappa shape index (κ1) is 14.5. The van der Waals surface area contributed by atoms with Gasteiger partial charge in [0.05, 0.1) is 10.0 Å². The summed E-state index contributed by atoms with van der Waals surface area (Å²) in [5, 5.41) is 3.29. The van der Waals surface area contributed by atoms with Crippen LogP contribution in [0.2, 0.25) is 0 Å². The minimum atomic E-state index is -0.477. The van der Waals surface area contributed by atoms with E-state index in [9.17, 15) is 9.18 Å². The normalized spacial score (nSPS) is 19.2. The Labute approximate surface area is 121 Å². The Bertz CT molecular complexity index is 461. The second-order valence-corrected chi connectivity index (χ2v) is 5.55. The number of hydrogen-bond donors (Lipinski definition) is 1. The van der Waals surface area contributed by atoms with Gasteiger partial charge in [0.25, 0.3) is 5.91 Å². The van der Waals surface area contributed by atoms with Crippen molar-refractivity contribution in [2.24, 2.45) is 0 Å². The van der Waals surface area contributed by atoms with Crippen molar-refractivity contribution in [3.05, 3.63) is 34.1 Å². The molecule has 5 heteroatoms. The first-order valence-corrected chi connectivity index (χ1v) is 7.40. The van der Waals surface area contributed by atoms with Crippen LogP contribution in [-0.4, -0.2) is 36.5 Å². The van der Waals surface area contributed by atoms with Crippen LogP contribution >= 0.6 is 15.9 Å². The number of nitrogens with zero attached hydrogens (tertiary/aromatic N) is 1. The van der Waals surface area contributed by atoms with E-state index in [1.807, 2.05) is 6.92 Å². The van der Waals surface area contributed by atoms with Gasteiger partial charge in [-0.3, -0.25) is 4.79 Å². The molecular weight excluding hydrogens is 311 g/mol. The first-order chi connectivity index (χ1) is 9.15. The molecule has 0 aliphatic carbocycles. The molecule has 3 nitrogen and oxygen atoms in total. The third kappa shape index (κ3) is 3.15. The number of carbonyl (C=O) groups excluding carboxylic acids is 1. The fourth-order valence-corrected chi connectivity index (χ4v) is 2.86. The molecule has 1 saturated heterocycles. The average Bonchev–Trinajstić information content (AvgIpc) is 2.44. The molecule has 1 fully saturated rings. The number of rotatable bonds is 3. The van der Waals surface area contributed by atoms with Gasteiger partial charge in [0, 0.05) is 19.1 Å². The fourth-order valence-electron chi connectivity index (χ4n) is 2.49. The number of piperidine rings is 1. The van der Waals surface area contributed by atoms with E-state index in [2.05, 4.69) is 21.2 Å². The monoisotopic (exact) mass is 328 g/mol. The first-order valence-electron chi connectivity index (χ1n) is 6.60. The quantitative estimate of drug-likeness (QED) is 0.925. The highest BCUT2D eigenvalue weighted by atomic mass is 79.9. The van der Waals surface area contributed by atoms with Crippen LogP contribution in [0.5, 0.6) is 0 Å². The Hall–Kier alpha value is -0.940. The van der Waals surface area contributed by atoms with E-state index in [-0.39, 0.29) is 17.5 Å². The van der Waals surface area contributed by atoms with Gasteiger partial charge in [0.15, 0.2) is 0 Å². The number of likely N-dealkylation sites (N-methyl/N-ethyl adjacent to an activating group) is 1. The Kier molecular flexibility index (Phi) is 4.93. The lowest BCUT2D eigenvalue weighted by molar-refractivity contribution is 0.0657. The van der Waals surface area contributed by atoms with Crippen LogP contribution in [0, 0.1) is 5.82 Å². The van der Waals surface area contributed by atoms with Crippen molar-refractivity contribution >= 4 is 21.8 Å². The lowest BCUT2D eigenvalue weighted by atomic mass is 10.0. The molecule has 104 valence electrons. The molecule has 0 bridgehead atoms. The molecule has 0 radical (unpaired) electrons. The zero-order valence-corrected chi connectivity index (χ0v) is 12.5. The minimum absolute atomic E-state index is 0.141. The number of amides is 1. The molecular formula is C14H18BrFN2O. The number of carbonyl (C=O) groups is 1. The van der Waals surface area contributed by atoms with Crippen molar-refractivity contribution in [1.29, 1.82) is 0 Å². The maximum atomic E-state index is 14.0. The van der Waals surface area contributed by atoms with Gasteiger partial charge in [0.2, 0.25) is 0 Å². The summed E-state index contributed by atoms with van der Waals surface area (Å²) in [4.78, 5) is 14.2. The number of halogens is 2. The molecule has 1 unspecified atom stereocenters. The second kappa shape index (κ2) is 6.48. The van der Waals surface area contributed by atoms with Crippen molar-refractivity contribution in [2.75, 3.05) is 19.6 Å². The highest BCUT2D eigenvalue weighted by Crippen LogP contribution is 2.21. The van der Waals surface area contributed by atoms with E-state index >= 15 is 0 Å². The summed E-state index contributed by atoms with van der Waals surface area (Å²) in [7, 11) is 0. The number of nitrogens with one attached hydrogen (secondary N) is 1. The van der Waals surface area contributed by atoms with Crippen molar-refractivity contribution in [2.45, 2.75) is 25.8 Å². The smallest absolute Gasteiger partial charge is 0.257 e. The highest BCUT2D eigenvalue weighted by molar-refractivity contribution is 9.10. The summed E-state index contributed by atoms with van der Waals surface area (Å²) in [5.74, 6) is -0.704. The van der Waals surface area contributed by atoms with E-state index in [4.69, 9.17) is 0 Å². The summed E-state index contributed by atoms with van der Waals surface area (Å²) in [6.07, 6.45) is 2.03. The van der Waals surface area contributed by atoms with Gasteiger partial charge in [-0.2, -0.15) is 0 Å². The van der Waals surface area contributed by atoms with Crippen molar-refractivity contribution in [3.63, 3.8) is 0 Å². The SMILES string of the molecule is CCN(C(=O)c1cccc(Br)c1F)C1CCCNC1. The molecule has 2 rings (SSSR count). The summed E-state index contributed by atoms with van der Waals surface area (Å²) in [5.41, 5.74) is 0.141. The van der Waals surface area contributed by atoms with E-state index in [1.54, 1.807) is 23.1 Å². The zero-order valence-electron chi connectivity index (χ0n) is 11.0. The van der Waals surface area contributed by atoms with E-state index in [0.29, 0.717) is 11.0 Å². The standard InChI is InChI=1S/C14H18BrFN2O/c1-2-18(10-5-4-8-17-9-10)14(19)11-6-3-7-12(15)13(11)16/h3,6-7,10,17H,2,4-5,8-9H2,1H3. The molecule has 1 aromatic carbocycles. The Balaban J connectivity index is 2.22. The van der Waals surface area contributed by atoms with Gasteiger partial charge in [-0.25, -0.2) is 4.39 Å². The maximum absolute atomic E-state index is 14.0. The molecule has 1 amide bonds.